The molecule has 116 valence electrons. The van der Waals surface area contributed by atoms with Crippen LogP contribution in [0, 0.1) is 0 Å². The lowest BCUT2D eigenvalue weighted by molar-refractivity contribution is -0.128. The molecule has 0 spiro atoms. The SMILES string of the molecule is O=C1CC(NS(=O)(=O)c2cccs2)CN1Cc1ccccc1. The van der Waals surface area contributed by atoms with E-state index in [2.05, 4.69) is 4.72 Å². The normalized spacial score (nSPS) is 18.8. The fraction of sp³-hybridized carbons (Fsp3) is 0.267. The Balaban J connectivity index is 1.65. The van der Waals surface area contributed by atoms with Gasteiger partial charge in [-0.1, -0.05) is 36.4 Å². The van der Waals surface area contributed by atoms with Crippen molar-refractivity contribution >= 4 is 27.3 Å². The molecule has 1 unspecified atom stereocenters. The summed E-state index contributed by atoms with van der Waals surface area (Å²) in [5.41, 5.74) is 1.04. The Morgan fingerprint density at radius 2 is 1.95 bits per heavy atom. The van der Waals surface area contributed by atoms with Crippen molar-refractivity contribution in [3.8, 4) is 0 Å². The number of thiophene rings is 1. The van der Waals surface area contributed by atoms with Crippen LogP contribution >= 0.6 is 11.3 Å². The zero-order chi connectivity index (χ0) is 15.6. The van der Waals surface area contributed by atoms with Crippen LogP contribution in [0.25, 0.3) is 0 Å². The van der Waals surface area contributed by atoms with E-state index in [1.165, 1.54) is 11.3 Å². The molecule has 0 bridgehead atoms. The number of benzene rings is 1. The van der Waals surface area contributed by atoms with Gasteiger partial charge in [0.1, 0.15) is 4.21 Å². The van der Waals surface area contributed by atoms with E-state index in [4.69, 9.17) is 0 Å². The highest BCUT2D eigenvalue weighted by atomic mass is 32.2. The number of likely N-dealkylation sites (tertiary alicyclic amines) is 1. The maximum atomic E-state index is 12.2. The Kier molecular flexibility index (Phi) is 4.28. The molecule has 1 aliphatic rings. The van der Waals surface area contributed by atoms with Gasteiger partial charge in [0.15, 0.2) is 0 Å². The van der Waals surface area contributed by atoms with Crippen molar-refractivity contribution in [2.24, 2.45) is 0 Å². The number of sulfonamides is 1. The lowest BCUT2D eigenvalue weighted by Crippen LogP contribution is -2.36. The van der Waals surface area contributed by atoms with Gasteiger partial charge in [0, 0.05) is 25.6 Å². The zero-order valence-electron chi connectivity index (χ0n) is 11.8. The summed E-state index contributed by atoms with van der Waals surface area (Å²) in [5, 5.41) is 1.72. The van der Waals surface area contributed by atoms with E-state index in [1.807, 2.05) is 30.3 Å². The van der Waals surface area contributed by atoms with Gasteiger partial charge in [-0.05, 0) is 17.0 Å². The quantitative estimate of drug-likeness (QED) is 0.906. The third-order valence-electron chi connectivity index (χ3n) is 3.51. The first-order chi connectivity index (χ1) is 10.5. The maximum Gasteiger partial charge on any atom is 0.250 e. The van der Waals surface area contributed by atoms with Gasteiger partial charge < -0.3 is 4.90 Å². The largest absolute Gasteiger partial charge is 0.337 e. The second-order valence-corrected chi connectivity index (χ2v) is 8.10. The van der Waals surface area contributed by atoms with Crippen molar-refractivity contribution in [2.75, 3.05) is 6.54 Å². The minimum atomic E-state index is -3.53. The molecular weight excluding hydrogens is 320 g/mol. The molecule has 0 aliphatic carbocycles. The third-order valence-corrected chi connectivity index (χ3v) is 6.43. The van der Waals surface area contributed by atoms with Crippen molar-refractivity contribution in [1.82, 2.24) is 9.62 Å². The molecule has 1 fully saturated rings. The van der Waals surface area contributed by atoms with Crippen LogP contribution in [0.4, 0.5) is 0 Å². The van der Waals surface area contributed by atoms with E-state index in [9.17, 15) is 13.2 Å². The summed E-state index contributed by atoms with van der Waals surface area (Å²) < 4.78 is 27.3. The minimum absolute atomic E-state index is 0.0252. The number of carbonyl (C=O) groups excluding carboxylic acids is 1. The van der Waals surface area contributed by atoms with Crippen LogP contribution in [-0.4, -0.2) is 31.8 Å². The molecule has 5 nitrogen and oxygen atoms in total. The van der Waals surface area contributed by atoms with Gasteiger partial charge in [0.05, 0.1) is 0 Å². The van der Waals surface area contributed by atoms with E-state index in [0.29, 0.717) is 13.1 Å². The average Bonchev–Trinajstić information content (AvgIpc) is 3.11. The van der Waals surface area contributed by atoms with Crippen LogP contribution in [0.3, 0.4) is 0 Å². The standard InChI is InChI=1S/C15H16N2O3S2/c18-14-9-13(16-22(19,20)15-7-4-8-21-15)11-17(14)10-12-5-2-1-3-6-12/h1-8,13,16H,9-11H2. The predicted molar refractivity (Wildman–Crippen MR) is 84.9 cm³/mol. The molecule has 7 heteroatoms. The second-order valence-electron chi connectivity index (χ2n) is 5.21. The highest BCUT2D eigenvalue weighted by molar-refractivity contribution is 7.91. The highest BCUT2D eigenvalue weighted by Crippen LogP contribution is 2.20. The summed E-state index contributed by atoms with van der Waals surface area (Å²) >= 11 is 1.17. The van der Waals surface area contributed by atoms with Gasteiger partial charge in [-0.3, -0.25) is 4.79 Å². The smallest absolute Gasteiger partial charge is 0.250 e. The summed E-state index contributed by atoms with van der Waals surface area (Å²) in [6.45, 7) is 0.912. The first kappa shape index (κ1) is 15.2. The van der Waals surface area contributed by atoms with E-state index >= 15 is 0 Å². The molecule has 1 saturated heterocycles. The highest BCUT2D eigenvalue weighted by Gasteiger charge is 2.32. The molecule has 1 N–H and O–H groups in total. The van der Waals surface area contributed by atoms with Gasteiger partial charge in [-0.25, -0.2) is 13.1 Å². The second kappa shape index (κ2) is 6.20. The Bertz CT molecular complexity index is 742. The minimum Gasteiger partial charge on any atom is -0.337 e. The molecule has 3 rings (SSSR count). The van der Waals surface area contributed by atoms with E-state index in [0.717, 1.165) is 5.56 Å². The van der Waals surface area contributed by atoms with Crippen LogP contribution in [0.15, 0.2) is 52.1 Å². The number of nitrogens with zero attached hydrogens (tertiary/aromatic N) is 1. The number of nitrogens with one attached hydrogen (secondary N) is 1. The van der Waals surface area contributed by atoms with Gasteiger partial charge >= 0.3 is 0 Å². The zero-order valence-corrected chi connectivity index (χ0v) is 13.4. The lowest BCUT2D eigenvalue weighted by atomic mass is 10.2. The Labute approximate surface area is 133 Å². The first-order valence-electron chi connectivity index (χ1n) is 6.92. The van der Waals surface area contributed by atoms with Crippen LogP contribution in [0.1, 0.15) is 12.0 Å². The molecule has 0 radical (unpaired) electrons. The molecule has 2 aromatic rings. The average molecular weight is 336 g/mol. The molecule has 1 amide bonds. The topological polar surface area (TPSA) is 66.5 Å². The summed E-state index contributed by atoms with van der Waals surface area (Å²) in [6.07, 6.45) is 0.206. The third kappa shape index (κ3) is 3.37. The first-order valence-corrected chi connectivity index (χ1v) is 9.28. The number of carbonyl (C=O) groups is 1. The van der Waals surface area contributed by atoms with Gasteiger partial charge in [0.25, 0.3) is 0 Å². The summed E-state index contributed by atoms with van der Waals surface area (Å²) in [5.74, 6) is -0.0252. The van der Waals surface area contributed by atoms with E-state index in [1.54, 1.807) is 22.4 Å². The molecule has 22 heavy (non-hydrogen) atoms. The Morgan fingerprint density at radius 1 is 1.18 bits per heavy atom. The monoisotopic (exact) mass is 336 g/mol. The van der Waals surface area contributed by atoms with Crippen LogP contribution in [-0.2, 0) is 21.4 Å². The van der Waals surface area contributed by atoms with Crippen LogP contribution < -0.4 is 4.72 Å². The molecular formula is C15H16N2O3S2. The molecule has 1 aliphatic heterocycles. The van der Waals surface area contributed by atoms with Crippen LogP contribution in [0.2, 0.25) is 0 Å². The van der Waals surface area contributed by atoms with Crippen molar-refractivity contribution in [2.45, 2.75) is 23.2 Å². The van der Waals surface area contributed by atoms with Crippen molar-refractivity contribution in [1.29, 1.82) is 0 Å². The number of amides is 1. The summed E-state index contributed by atoms with van der Waals surface area (Å²) in [4.78, 5) is 13.7. The number of hydrogen-bond donors (Lipinski definition) is 1. The fourth-order valence-electron chi connectivity index (χ4n) is 2.50. The molecule has 2 heterocycles. The predicted octanol–water partition coefficient (Wildman–Crippen LogP) is 1.83. The van der Waals surface area contributed by atoms with Crippen molar-refractivity contribution < 1.29 is 13.2 Å². The van der Waals surface area contributed by atoms with E-state index in [-0.39, 0.29) is 22.6 Å². The van der Waals surface area contributed by atoms with Crippen molar-refractivity contribution in [3.63, 3.8) is 0 Å². The van der Waals surface area contributed by atoms with Gasteiger partial charge in [-0.15, -0.1) is 11.3 Å². The summed E-state index contributed by atoms with van der Waals surface area (Å²) in [7, 11) is -3.53. The number of hydrogen-bond acceptors (Lipinski definition) is 4. The molecule has 0 saturated carbocycles. The van der Waals surface area contributed by atoms with Gasteiger partial charge in [-0.2, -0.15) is 0 Å². The Morgan fingerprint density at radius 3 is 2.64 bits per heavy atom. The fourth-order valence-corrected chi connectivity index (χ4v) is 4.74. The number of rotatable bonds is 5. The maximum absolute atomic E-state index is 12.2. The lowest BCUT2D eigenvalue weighted by Gasteiger charge is -2.17. The summed E-state index contributed by atoms with van der Waals surface area (Å²) in [6, 6.07) is 12.6. The van der Waals surface area contributed by atoms with Crippen LogP contribution in [0.5, 0.6) is 0 Å². The van der Waals surface area contributed by atoms with E-state index < -0.39 is 10.0 Å². The molecule has 1 aromatic heterocycles. The molecule has 1 atom stereocenters. The molecule has 1 aromatic carbocycles. The van der Waals surface area contributed by atoms with Gasteiger partial charge in [0.2, 0.25) is 15.9 Å². The van der Waals surface area contributed by atoms with Crippen molar-refractivity contribution in [3.05, 3.63) is 53.4 Å². The Hall–Kier alpha value is -1.70.